The van der Waals surface area contributed by atoms with Crippen LogP contribution in [0, 0.1) is 0 Å². The first-order valence-corrected chi connectivity index (χ1v) is 5.91. The molecule has 15 heavy (non-hydrogen) atoms. The van der Waals surface area contributed by atoms with E-state index in [1.165, 1.54) is 25.8 Å². The molecule has 2 aliphatic rings. The highest BCUT2D eigenvalue weighted by Gasteiger charge is 2.23. The lowest BCUT2D eigenvalue weighted by molar-refractivity contribution is -0.0222. The summed E-state index contributed by atoms with van der Waals surface area (Å²) in [5.41, 5.74) is 0. The Hall–Kier alpha value is 0.170. The van der Waals surface area contributed by atoms with Crippen LogP contribution >= 0.6 is 12.4 Å². The Balaban J connectivity index is 0.00000112. The summed E-state index contributed by atoms with van der Waals surface area (Å²) in [7, 11) is 2.24. The maximum Gasteiger partial charge on any atom is 0.109 e. The van der Waals surface area contributed by atoms with Gasteiger partial charge >= 0.3 is 0 Å². The summed E-state index contributed by atoms with van der Waals surface area (Å²) in [5.74, 6) is 0. The Bertz CT molecular complexity index is 174. The molecule has 0 aromatic carbocycles. The number of halogens is 1. The summed E-state index contributed by atoms with van der Waals surface area (Å²) in [6, 6.07) is 0.736. The summed E-state index contributed by atoms with van der Waals surface area (Å²) in [6.45, 7) is 3.33. The second-order valence-corrected chi connectivity index (χ2v) is 4.53. The van der Waals surface area contributed by atoms with E-state index >= 15 is 0 Å². The molecule has 1 N–H and O–H groups in total. The number of nitrogens with zero attached hydrogens (tertiary/aromatic N) is 1. The van der Waals surface area contributed by atoms with Crippen molar-refractivity contribution in [2.24, 2.45) is 0 Å². The van der Waals surface area contributed by atoms with Gasteiger partial charge in [-0.2, -0.15) is 0 Å². The molecule has 4 heteroatoms. The average molecular weight is 235 g/mol. The number of hydrogen-bond acceptors (Lipinski definition) is 3. The second kappa shape index (κ2) is 6.69. The number of nitrogens with one attached hydrogen (secondary N) is 1. The van der Waals surface area contributed by atoms with Gasteiger partial charge in [0.05, 0.1) is 0 Å². The SMILES string of the molecule is CN1CCCCC1CC1NCCCO1.Cl. The van der Waals surface area contributed by atoms with Crippen LogP contribution in [0.4, 0.5) is 0 Å². The molecule has 3 nitrogen and oxygen atoms in total. The molecule has 2 atom stereocenters. The van der Waals surface area contributed by atoms with E-state index in [0.717, 1.165) is 32.0 Å². The third-order valence-electron chi connectivity index (χ3n) is 3.42. The van der Waals surface area contributed by atoms with Crippen molar-refractivity contribution in [2.45, 2.75) is 44.4 Å². The van der Waals surface area contributed by atoms with Gasteiger partial charge in [-0.3, -0.25) is 5.32 Å². The molecular formula is C11H23ClN2O. The molecule has 2 aliphatic heterocycles. The Morgan fingerprint density at radius 1 is 1.33 bits per heavy atom. The smallest absolute Gasteiger partial charge is 0.109 e. The zero-order valence-corrected chi connectivity index (χ0v) is 10.4. The van der Waals surface area contributed by atoms with E-state index in [1.54, 1.807) is 0 Å². The highest BCUT2D eigenvalue weighted by molar-refractivity contribution is 5.85. The predicted molar refractivity (Wildman–Crippen MR) is 64.5 cm³/mol. The van der Waals surface area contributed by atoms with Gasteiger partial charge in [0.25, 0.3) is 0 Å². The van der Waals surface area contributed by atoms with E-state index in [4.69, 9.17) is 4.74 Å². The van der Waals surface area contributed by atoms with Gasteiger partial charge < -0.3 is 9.64 Å². The third-order valence-corrected chi connectivity index (χ3v) is 3.42. The fourth-order valence-electron chi connectivity index (χ4n) is 2.46. The molecule has 2 rings (SSSR count). The Morgan fingerprint density at radius 3 is 2.87 bits per heavy atom. The molecule has 0 radical (unpaired) electrons. The Morgan fingerprint density at radius 2 is 2.20 bits per heavy atom. The van der Waals surface area contributed by atoms with E-state index in [-0.39, 0.29) is 12.4 Å². The van der Waals surface area contributed by atoms with Gasteiger partial charge in [-0.05, 0) is 39.4 Å². The van der Waals surface area contributed by atoms with E-state index in [0.29, 0.717) is 6.23 Å². The van der Waals surface area contributed by atoms with Crippen molar-refractivity contribution in [3.8, 4) is 0 Å². The number of hydrogen-bond donors (Lipinski definition) is 1. The quantitative estimate of drug-likeness (QED) is 0.786. The zero-order valence-electron chi connectivity index (χ0n) is 9.58. The summed E-state index contributed by atoms with van der Waals surface area (Å²) in [4.78, 5) is 2.49. The van der Waals surface area contributed by atoms with Gasteiger partial charge in [0, 0.05) is 19.1 Å². The van der Waals surface area contributed by atoms with Gasteiger partial charge in [-0.1, -0.05) is 6.42 Å². The topological polar surface area (TPSA) is 24.5 Å². The first-order valence-electron chi connectivity index (χ1n) is 5.91. The first kappa shape index (κ1) is 13.2. The molecule has 0 aliphatic carbocycles. The lowest BCUT2D eigenvalue weighted by atomic mass is 9.99. The molecule has 0 bridgehead atoms. The van der Waals surface area contributed by atoms with E-state index in [2.05, 4.69) is 17.3 Å². The van der Waals surface area contributed by atoms with E-state index in [9.17, 15) is 0 Å². The molecule has 0 aromatic rings. The molecule has 2 saturated heterocycles. The lowest BCUT2D eigenvalue weighted by Gasteiger charge is -2.36. The van der Waals surface area contributed by atoms with Gasteiger partial charge in [-0.25, -0.2) is 0 Å². The fraction of sp³-hybridized carbons (Fsp3) is 1.00. The minimum atomic E-state index is 0. The highest BCUT2D eigenvalue weighted by Crippen LogP contribution is 2.20. The minimum absolute atomic E-state index is 0. The van der Waals surface area contributed by atoms with Gasteiger partial charge in [-0.15, -0.1) is 12.4 Å². The van der Waals surface area contributed by atoms with Crippen molar-refractivity contribution >= 4 is 12.4 Å². The predicted octanol–water partition coefficient (Wildman–Crippen LogP) is 1.62. The molecule has 0 saturated carbocycles. The molecule has 0 amide bonds. The average Bonchev–Trinajstić information content (AvgIpc) is 2.23. The van der Waals surface area contributed by atoms with Crippen LogP contribution < -0.4 is 5.32 Å². The largest absolute Gasteiger partial charge is 0.363 e. The molecular weight excluding hydrogens is 212 g/mol. The summed E-state index contributed by atoms with van der Waals surface area (Å²) in [5, 5.41) is 3.44. The maximum absolute atomic E-state index is 5.69. The zero-order chi connectivity index (χ0) is 9.80. The van der Waals surface area contributed by atoms with Crippen LogP contribution in [0.5, 0.6) is 0 Å². The minimum Gasteiger partial charge on any atom is -0.363 e. The van der Waals surface area contributed by atoms with E-state index in [1.807, 2.05) is 0 Å². The second-order valence-electron chi connectivity index (χ2n) is 4.53. The van der Waals surface area contributed by atoms with Crippen molar-refractivity contribution in [1.29, 1.82) is 0 Å². The third kappa shape index (κ3) is 3.91. The molecule has 2 fully saturated rings. The summed E-state index contributed by atoms with van der Waals surface area (Å²) >= 11 is 0. The standard InChI is InChI=1S/C11H22N2O.ClH/c1-13-7-3-2-5-10(13)9-11-12-6-4-8-14-11;/h10-12H,2-9H2,1H3;1H. The number of likely N-dealkylation sites (tertiary alicyclic amines) is 1. The highest BCUT2D eigenvalue weighted by atomic mass is 35.5. The van der Waals surface area contributed by atoms with Crippen LogP contribution in [0.3, 0.4) is 0 Å². The monoisotopic (exact) mass is 234 g/mol. The molecule has 0 aromatic heterocycles. The lowest BCUT2D eigenvalue weighted by Crippen LogP contribution is -2.45. The molecule has 90 valence electrons. The van der Waals surface area contributed by atoms with Crippen LogP contribution in [-0.4, -0.2) is 43.9 Å². The van der Waals surface area contributed by atoms with Gasteiger partial charge in [0.15, 0.2) is 0 Å². The first-order chi connectivity index (χ1) is 6.86. The maximum atomic E-state index is 5.69. The van der Waals surface area contributed by atoms with Crippen LogP contribution in [0.2, 0.25) is 0 Å². The Kier molecular flexibility index (Phi) is 5.90. The molecule has 2 unspecified atom stereocenters. The van der Waals surface area contributed by atoms with Crippen molar-refractivity contribution in [1.82, 2.24) is 10.2 Å². The van der Waals surface area contributed by atoms with Crippen LogP contribution in [0.1, 0.15) is 32.1 Å². The van der Waals surface area contributed by atoms with Gasteiger partial charge in [0.2, 0.25) is 0 Å². The number of piperidine rings is 1. The number of rotatable bonds is 2. The van der Waals surface area contributed by atoms with Crippen molar-refractivity contribution in [2.75, 3.05) is 26.7 Å². The Labute approximate surface area is 99.0 Å². The summed E-state index contributed by atoms with van der Waals surface area (Å²) in [6.07, 6.45) is 6.74. The number of ether oxygens (including phenoxy) is 1. The fourth-order valence-corrected chi connectivity index (χ4v) is 2.46. The normalized spacial score (nSPS) is 33.4. The molecule has 0 spiro atoms. The van der Waals surface area contributed by atoms with Crippen LogP contribution in [0.25, 0.3) is 0 Å². The molecule has 2 heterocycles. The van der Waals surface area contributed by atoms with E-state index < -0.39 is 0 Å². The van der Waals surface area contributed by atoms with Crippen molar-refractivity contribution in [3.05, 3.63) is 0 Å². The summed E-state index contributed by atoms with van der Waals surface area (Å²) < 4.78 is 5.69. The van der Waals surface area contributed by atoms with Gasteiger partial charge in [0.1, 0.15) is 6.23 Å². The van der Waals surface area contributed by atoms with Crippen LogP contribution in [-0.2, 0) is 4.74 Å². The van der Waals surface area contributed by atoms with Crippen molar-refractivity contribution in [3.63, 3.8) is 0 Å². The van der Waals surface area contributed by atoms with Crippen molar-refractivity contribution < 1.29 is 4.74 Å². The van der Waals surface area contributed by atoms with Crippen LogP contribution in [0.15, 0.2) is 0 Å².